The number of benzene rings is 1. The van der Waals surface area contributed by atoms with Crippen molar-refractivity contribution in [1.82, 2.24) is 5.43 Å². The Hall–Kier alpha value is -3.16. The van der Waals surface area contributed by atoms with Gasteiger partial charge in [-0.05, 0) is 25.1 Å². The number of nitro benzene ring substituents is 1. The van der Waals surface area contributed by atoms with E-state index in [4.69, 9.17) is 9.15 Å². The smallest absolute Gasteiger partial charge is 0.310 e. The third-order valence-corrected chi connectivity index (χ3v) is 2.56. The topological polar surface area (TPSA) is 107 Å². The molecule has 0 fully saturated rings. The lowest BCUT2D eigenvalue weighted by atomic mass is 10.3. The van der Waals surface area contributed by atoms with Crippen molar-refractivity contribution in [2.24, 2.45) is 5.10 Å². The summed E-state index contributed by atoms with van der Waals surface area (Å²) < 4.78 is 10.3. The van der Waals surface area contributed by atoms with Gasteiger partial charge < -0.3 is 9.15 Å². The van der Waals surface area contributed by atoms with Crippen LogP contribution < -0.4 is 10.2 Å². The minimum Gasteiger partial charge on any atom is -0.477 e. The molecule has 0 atom stereocenters. The number of para-hydroxylation sites is 2. The quantitative estimate of drug-likeness (QED) is 0.499. The number of carbonyl (C=O) groups is 1. The van der Waals surface area contributed by atoms with Crippen LogP contribution >= 0.6 is 0 Å². The van der Waals surface area contributed by atoms with Crippen LogP contribution in [-0.2, 0) is 4.79 Å². The van der Waals surface area contributed by atoms with Gasteiger partial charge in [0.1, 0.15) is 11.5 Å². The van der Waals surface area contributed by atoms with Gasteiger partial charge in [0.25, 0.3) is 5.91 Å². The van der Waals surface area contributed by atoms with Gasteiger partial charge in [0.05, 0.1) is 11.1 Å². The summed E-state index contributed by atoms with van der Waals surface area (Å²) in [5.41, 5.74) is 2.03. The SMILES string of the molecule is Cc1ccc(/C=N/NC(=O)COc2ccccc2[N+](=O)[O-])o1. The molecular formula is C14H13N3O5. The number of carbonyl (C=O) groups excluding carboxylic acids is 1. The number of nitrogens with one attached hydrogen (secondary N) is 1. The second-order valence-corrected chi connectivity index (χ2v) is 4.26. The molecule has 2 rings (SSSR count). The Balaban J connectivity index is 1.85. The monoisotopic (exact) mass is 303 g/mol. The number of furan rings is 1. The van der Waals surface area contributed by atoms with E-state index in [9.17, 15) is 14.9 Å². The molecule has 0 saturated heterocycles. The van der Waals surface area contributed by atoms with Crippen molar-refractivity contribution in [3.05, 3.63) is 58.0 Å². The molecule has 0 saturated carbocycles. The van der Waals surface area contributed by atoms with Crippen molar-refractivity contribution < 1.29 is 18.9 Å². The first-order valence-corrected chi connectivity index (χ1v) is 6.31. The van der Waals surface area contributed by atoms with Crippen molar-refractivity contribution in [2.75, 3.05) is 6.61 Å². The lowest BCUT2D eigenvalue weighted by Gasteiger charge is -2.05. The molecule has 1 aromatic carbocycles. The maximum absolute atomic E-state index is 11.5. The summed E-state index contributed by atoms with van der Waals surface area (Å²) in [6.45, 7) is 1.40. The van der Waals surface area contributed by atoms with Crippen molar-refractivity contribution in [2.45, 2.75) is 6.92 Å². The molecule has 0 radical (unpaired) electrons. The number of hydrogen-bond donors (Lipinski definition) is 1. The van der Waals surface area contributed by atoms with Gasteiger partial charge in [-0.1, -0.05) is 12.1 Å². The zero-order valence-corrected chi connectivity index (χ0v) is 11.7. The van der Waals surface area contributed by atoms with E-state index >= 15 is 0 Å². The second-order valence-electron chi connectivity index (χ2n) is 4.26. The molecule has 0 bridgehead atoms. The highest BCUT2D eigenvalue weighted by Crippen LogP contribution is 2.25. The summed E-state index contributed by atoms with van der Waals surface area (Å²) in [6.07, 6.45) is 1.34. The largest absolute Gasteiger partial charge is 0.477 e. The van der Waals surface area contributed by atoms with Gasteiger partial charge >= 0.3 is 5.69 Å². The zero-order valence-electron chi connectivity index (χ0n) is 11.7. The minimum absolute atomic E-state index is 0.0216. The normalized spacial score (nSPS) is 10.6. The van der Waals surface area contributed by atoms with E-state index in [1.807, 2.05) is 0 Å². The van der Waals surface area contributed by atoms with E-state index in [1.165, 1.54) is 24.4 Å². The van der Waals surface area contributed by atoms with Crippen LogP contribution in [0.4, 0.5) is 5.69 Å². The predicted molar refractivity (Wildman–Crippen MR) is 77.8 cm³/mol. The Morgan fingerprint density at radius 1 is 1.41 bits per heavy atom. The van der Waals surface area contributed by atoms with Crippen LogP contribution in [0.3, 0.4) is 0 Å². The second kappa shape index (κ2) is 7.02. The zero-order chi connectivity index (χ0) is 15.9. The van der Waals surface area contributed by atoms with Gasteiger partial charge in [-0.3, -0.25) is 14.9 Å². The van der Waals surface area contributed by atoms with Crippen LogP contribution in [0.1, 0.15) is 11.5 Å². The van der Waals surface area contributed by atoms with Gasteiger partial charge in [-0.15, -0.1) is 0 Å². The highest BCUT2D eigenvalue weighted by Gasteiger charge is 2.14. The first kappa shape index (κ1) is 15.2. The molecule has 1 heterocycles. The number of aryl methyl sites for hydroxylation is 1. The van der Waals surface area contributed by atoms with Gasteiger partial charge in [0.15, 0.2) is 12.4 Å². The van der Waals surface area contributed by atoms with Crippen molar-refractivity contribution in [3.8, 4) is 5.75 Å². The first-order chi connectivity index (χ1) is 10.6. The fourth-order valence-corrected chi connectivity index (χ4v) is 1.60. The Morgan fingerprint density at radius 3 is 2.86 bits per heavy atom. The molecule has 1 aromatic heterocycles. The van der Waals surface area contributed by atoms with E-state index in [-0.39, 0.29) is 18.0 Å². The molecule has 1 N–H and O–H groups in total. The summed E-state index contributed by atoms with van der Waals surface area (Å²) in [5.74, 6) is 0.705. The molecule has 0 unspecified atom stereocenters. The summed E-state index contributed by atoms with van der Waals surface area (Å²) >= 11 is 0. The van der Waals surface area contributed by atoms with Gasteiger partial charge in [0, 0.05) is 6.07 Å². The molecule has 0 aliphatic rings. The highest BCUT2D eigenvalue weighted by atomic mass is 16.6. The molecule has 0 aliphatic heterocycles. The van der Waals surface area contributed by atoms with Crippen molar-refractivity contribution in [3.63, 3.8) is 0 Å². The van der Waals surface area contributed by atoms with E-state index < -0.39 is 10.8 Å². The molecular weight excluding hydrogens is 290 g/mol. The predicted octanol–water partition coefficient (Wildman–Crippen LogP) is 2.03. The molecule has 0 spiro atoms. The summed E-state index contributed by atoms with van der Waals surface area (Å²) in [7, 11) is 0. The van der Waals surface area contributed by atoms with Crippen LogP contribution in [0.15, 0.2) is 45.9 Å². The number of amides is 1. The number of ether oxygens (including phenoxy) is 1. The molecule has 8 heteroatoms. The maximum Gasteiger partial charge on any atom is 0.310 e. The van der Waals surface area contributed by atoms with Crippen molar-refractivity contribution >= 4 is 17.8 Å². The van der Waals surface area contributed by atoms with Crippen LogP contribution in [-0.4, -0.2) is 23.7 Å². The molecule has 1 amide bonds. The van der Waals surface area contributed by atoms with Crippen LogP contribution in [0.5, 0.6) is 5.75 Å². The Bertz CT molecular complexity index is 708. The third kappa shape index (κ3) is 4.17. The minimum atomic E-state index is -0.579. The molecule has 22 heavy (non-hydrogen) atoms. The Morgan fingerprint density at radius 2 is 2.18 bits per heavy atom. The highest BCUT2D eigenvalue weighted by molar-refractivity contribution is 5.81. The third-order valence-electron chi connectivity index (χ3n) is 2.56. The van der Waals surface area contributed by atoms with Gasteiger partial charge in [-0.2, -0.15) is 5.10 Å². The lowest BCUT2D eigenvalue weighted by Crippen LogP contribution is -2.24. The van der Waals surface area contributed by atoms with Crippen LogP contribution in [0.25, 0.3) is 0 Å². The van der Waals surface area contributed by atoms with E-state index in [1.54, 1.807) is 25.1 Å². The number of rotatable bonds is 6. The lowest BCUT2D eigenvalue weighted by molar-refractivity contribution is -0.385. The number of hydrogen-bond acceptors (Lipinski definition) is 6. The average Bonchev–Trinajstić information content (AvgIpc) is 2.91. The molecule has 114 valence electrons. The fourth-order valence-electron chi connectivity index (χ4n) is 1.60. The van der Waals surface area contributed by atoms with E-state index in [2.05, 4.69) is 10.5 Å². The van der Waals surface area contributed by atoms with Crippen LogP contribution in [0, 0.1) is 17.0 Å². The maximum atomic E-state index is 11.5. The number of nitrogens with zero attached hydrogens (tertiary/aromatic N) is 2. The molecule has 2 aromatic rings. The summed E-state index contributed by atoms with van der Waals surface area (Å²) in [5, 5.41) is 14.5. The van der Waals surface area contributed by atoms with Gasteiger partial charge in [-0.25, -0.2) is 5.43 Å². The van der Waals surface area contributed by atoms with Crippen molar-refractivity contribution in [1.29, 1.82) is 0 Å². The standard InChI is InChI=1S/C14H13N3O5/c1-10-6-7-11(22-10)8-15-16-14(18)9-21-13-5-3-2-4-12(13)17(19)20/h2-8H,9H2,1H3,(H,16,18)/b15-8+. The number of hydrazone groups is 1. The number of nitro groups is 1. The molecule has 0 aliphatic carbocycles. The molecule has 8 nitrogen and oxygen atoms in total. The van der Waals surface area contributed by atoms with E-state index in [0.717, 1.165) is 5.76 Å². The van der Waals surface area contributed by atoms with E-state index in [0.29, 0.717) is 5.76 Å². The Labute approximate surface area is 125 Å². The Kier molecular flexibility index (Phi) is 4.86. The fraction of sp³-hybridized carbons (Fsp3) is 0.143. The summed E-state index contributed by atoms with van der Waals surface area (Å²) in [6, 6.07) is 9.28. The summed E-state index contributed by atoms with van der Waals surface area (Å²) in [4.78, 5) is 21.8. The first-order valence-electron chi connectivity index (χ1n) is 6.31. The van der Waals surface area contributed by atoms with Gasteiger partial charge in [0.2, 0.25) is 0 Å². The van der Waals surface area contributed by atoms with Crippen LogP contribution in [0.2, 0.25) is 0 Å². The average molecular weight is 303 g/mol.